The Bertz CT molecular complexity index is 338. The molecular formula is C14H25N3O2. The van der Waals surface area contributed by atoms with Gasteiger partial charge in [-0.2, -0.15) is 0 Å². The molecule has 0 bridgehead atoms. The van der Waals surface area contributed by atoms with E-state index in [2.05, 4.69) is 5.32 Å². The number of rotatable bonds is 3. The van der Waals surface area contributed by atoms with Crippen LogP contribution >= 0.6 is 0 Å². The van der Waals surface area contributed by atoms with Gasteiger partial charge in [-0.25, -0.2) is 0 Å². The fourth-order valence-electron chi connectivity index (χ4n) is 3.31. The Labute approximate surface area is 114 Å². The fraction of sp³-hybridized carbons (Fsp3) is 0.857. The smallest absolute Gasteiger partial charge is 0.223 e. The number of carbonyl (C=O) groups excluding carboxylic acids is 2. The molecule has 2 rings (SSSR count). The third-order valence-electron chi connectivity index (χ3n) is 4.56. The zero-order chi connectivity index (χ0) is 13.8. The Balaban J connectivity index is 1.75. The zero-order valence-corrected chi connectivity index (χ0v) is 11.4. The van der Waals surface area contributed by atoms with Crippen LogP contribution in [0.25, 0.3) is 0 Å². The highest BCUT2D eigenvalue weighted by Crippen LogP contribution is 2.26. The molecule has 0 heterocycles. The van der Waals surface area contributed by atoms with Gasteiger partial charge in [-0.15, -0.1) is 0 Å². The summed E-state index contributed by atoms with van der Waals surface area (Å²) in [5.41, 5.74) is 11.2. The molecule has 5 N–H and O–H groups in total. The number of nitrogens with two attached hydrogens (primary N) is 2. The highest BCUT2D eigenvalue weighted by molar-refractivity contribution is 5.79. The summed E-state index contributed by atoms with van der Waals surface area (Å²) in [5.74, 6) is 0.0228. The Hall–Kier alpha value is -1.10. The SMILES string of the molecule is NC(=O)C1CCC(NC(=O)C2CCCC(N)C2)CC1. The summed E-state index contributed by atoms with van der Waals surface area (Å²) >= 11 is 0. The molecule has 0 radical (unpaired) electrons. The Morgan fingerprint density at radius 2 is 1.63 bits per heavy atom. The van der Waals surface area contributed by atoms with Gasteiger partial charge in [0.25, 0.3) is 0 Å². The molecule has 2 saturated carbocycles. The molecule has 2 atom stereocenters. The number of carbonyl (C=O) groups is 2. The van der Waals surface area contributed by atoms with Crippen LogP contribution in [0, 0.1) is 11.8 Å². The van der Waals surface area contributed by atoms with Crippen LogP contribution < -0.4 is 16.8 Å². The van der Waals surface area contributed by atoms with E-state index in [4.69, 9.17) is 11.5 Å². The summed E-state index contributed by atoms with van der Waals surface area (Å²) in [6, 6.07) is 0.386. The van der Waals surface area contributed by atoms with Crippen LogP contribution in [0.1, 0.15) is 51.4 Å². The van der Waals surface area contributed by atoms with Crippen LogP contribution in [0.2, 0.25) is 0 Å². The predicted molar refractivity (Wildman–Crippen MR) is 73.0 cm³/mol. The summed E-state index contributed by atoms with van der Waals surface area (Å²) in [5, 5.41) is 3.12. The van der Waals surface area contributed by atoms with Gasteiger partial charge in [0.1, 0.15) is 0 Å². The topological polar surface area (TPSA) is 98.2 Å². The molecule has 108 valence electrons. The summed E-state index contributed by atoms with van der Waals surface area (Å²) in [6.45, 7) is 0. The van der Waals surface area contributed by atoms with E-state index >= 15 is 0 Å². The quantitative estimate of drug-likeness (QED) is 0.700. The minimum absolute atomic E-state index is 0.00347. The molecule has 2 amide bonds. The summed E-state index contributed by atoms with van der Waals surface area (Å²) in [6.07, 6.45) is 7.16. The summed E-state index contributed by atoms with van der Waals surface area (Å²) in [4.78, 5) is 23.3. The first-order valence-electron chi connectivity index (χ1n) is 7.41. The van der Waals surface area contributed by atoms with Crippen LogP contribution in [0.5, 0.6) is 0 Å². The number of primary amides is 1. The standard InChI is InChI=1S/C14H25N3O2/c15-11-3-1-2-10(8-11)14(19)17-12-6-4-9(5-7-12)13(16)18/h9-12H,1-8,15H2,(H2,16,18)(H,17,19). The molecule has 0 aromatic carbocycles. The summed E-state index contributed by atoms with van der Waals surface area (Å²) < 4.78 is 0. The summed E-state index contributed by atoms with van der Waals surface area (Å²) in [7, 11) is 0. The van der Waals surface area contributed by atoms with Crippen LogP contribution in [0.15, 0.2) is 0 Å². The van der Waals surface area contributed by atoms with Crippen molar-refractivity contribution in [2.75, 3.05) is 0 Å². The van der Waals surface area contributed by atoms with Crippen molar-refractivity contribution in [3.63, 3.8) is 0 Å². The molecule has 2 aliphatic rings. The average Bonchev–Trinajstić information content (AvgIpc) is 2.39. The minimum Gasteiger partial charge on any atom is -0.369 e. The fourth-order valence-corrected chi connectivity index (χ4v) is 3.31. The first kappa shape index (κ1) is 14.3. The molecule has 0 aromatic heterocycles. The molecule has 19 heavy (non-hydrogen) atoms. The Morgan fingerprint density at radius 3 is 2.21 bits per heavy atom. The van der Waals surface area contributed by atoms with Crippen LogP contribution in [-0.4, -0.2) is 23.9 Å². The molecule has 2 unspecified atom stereocenters. The Kier molecular flexibility index (Phi) is 4.80. The molecule has 0 saturated heterocycles. The molecule has 5 nitrogen and oxygen atoms in total. The van der Waals surface area contributed by atoms with Crippen molar-refractivity contribution >= 4 is 11.8 Å². The maximum absolute atomic E-state index is 12.2. The van der Waals surface area contributed by atoms with Crippen molar-refractivity contribution in [3.05, 3.63) is 0 Å². The third-order valence-corrected chi connectivity index (χ3v) is 4.56. The van der Waals surface area contributed by atoms with Gasteiger partial charge < -0.3 is 16.8 Å². The normalized spacial score (nSPS) is 35.6. The van der Waals surface area contributed by atoms with Gasteiger partial charge in [-0.05, 0) is 44.9 Å². The maximum atomic E-state index is 12.2. The van der Waals surface area contributed by atoms with Crippen LogP contribution in [-0.2, 0) is 9.59 Å². The second-order valence-corrected chi connectivity index (χ2v) is 6.08. The molecule has 0 aliphatic heterocycles. The van der Waals surface area contributed by atoms with E-state index in [9.17, 15) is 9.59 Å². The lowest BCUT2D eigenvalue weighted by Gasteiger charge is -2.31. The van der Waals surface area contributed by atoms with E-state index < -0.39 is 0 Å². The number of nitrogens with one attached hydrogen (secondary N) is 1. The molecule has 2 aliphatic carbocycles. The van der Waals surface area contributed by atoms with E-state index in [1.54, 1.807) is 0 Å². The first-order chi connectivity index (χ1) is 9.06. The molecule has 2 fully saturated rings. The van der Waals surface area contributed by atoms with Gasteiger partial charge in [-0.1, -0.05) is 6.42 Å². The second-order valence-electron chi connectivity index (χ2n) is 6.08. The number of hydrogen-bond acceptors (Lipinski definition) is 3. The maximum Gasteiger partial charge on any atom is 0.223 e. The van der Waals surface area contributed by atoms with E-state index in [1.165, 1.54) is 0 Å². The lowest BCUT2D eigenvalue weighted by molar-refractivity contribution is -0.127. The van der Waals surface area contributed by atoms with E-state index in [1.807, 2.05) is 0 Å². The van der Waals surface area contributed by atoms with Crippen molar-refractivity contribution in [1.29, 1.82) is 0 Å². The number of hydrogen-bond donors (Lipinski definition) is 3. The van der Waals surface area contributed by atoms with Crippen molar-refractivity contribution in [2.24, 2.45) is 23.3 Å². The van der Waals surface area contributed by atoms with E-state index in [-0.39, 0.29) is 35.7 Å². The Morgan fingerprint density at radius 1 is 0.947 bits per heavy atom. The lowest BCUT2D eigenvalue weighted by Crippen LogP contribution is -2.44. The van der Waals surface area contributed by atoms with Crippen molar-refractivity contribution < 1.29 is 9.59 Å². The van der Waals surface area contributed by atoms with Crippen molar-refractivity contribution in [3.8, 4) is 0 Å². The van der Waals surface area contributed by atoms with Gasteiger partial charge in [0.2, 0.25) is 11.8 Å². The van der Waals surface area contributed by atoms with E-state index in [0.29, 0.717) is 0 Å². The van der Waals surface area contributed by atoms with Crippen molar-refractivity contribution in [1.82, 2.24) is 5.32 Å². The van der Waals surface area contributed by atoms with Gasteiger partial charge >= 0.3 is 0 Å². The molecule has 0 spiro atoms. The van der Waals surface area contributed by atoms with E-state index in [0.717, 1.165) is 51.4 Å². The van der Waals surface area contributed by atoms with Gasteiger partial charge in [0.05, 0.1) is 0 Å². The molecule has 5 heteroatoms. The predicted octanol–water partition coefficient (Wildman–Crippen LogP) is 0.664. The van der Waals surface area contributed by atoms with Crippen LogP contribution in [0.3, 0.4) is 0 Å². The highest BCUT2D eigenvalue weighted by Gasteiger charge is 2.29. The first-order valence-corrected chi connectivity index (χ1v) is 7.41. The largest absolute Gasteiger partial charge is 0.369 e. The van der Waals surface area contributed by atoms with Crippen molar-refractivity contribution in [2.45, 2.75) is 63.5 Å². The van der Waals surface area contributed by atoms with Gasteiger partial charge in [0, 0.05) is 23.9 Å². The van der Waals surface area contributed by atoms with Gasteiger partial charge in [-0.3, -0.25) is 9.59 Å². The minimum atomic E-state index is -0.206. The molecule has 0 aromatic rings. The van der Waals surface area contributed by atoms with Gasteiger partial charge in [0.15, 0.2) is 0 Å². The number of amides is 2. The lowest BCUT2D eigenvalue weighted by atomic mass is 9.83. The highest BCUT2D eigenvalue weighted by atomic mass is 16.2. The third kappa shape index (κ3) is 3.93. The molecular weight excluding hydrogens is 242 g/mol. The average molecular weight is 267 g/mol. The van der Waals surface area contributed by atoms with Crippen LogP contribution in [0.4, 0.5) is 0 Å². The second kappa shape index (κ2) is 6.37. The monoisotopic (exact) mass is 267 g/mol. The zero-order valence-electron chi connectivity index (χ0n) is 11.4.